The topological polar surface area (TPSA) is 278 Å². The zero-order valence-electron chi connectivity index (χ0n) is 62.4. The molecule has 11 atom stereocenters. The highest BCUT2D eigenvalue weighted by molar-refractivity contribution is 6.58. The summed E-state index contributed by atoms with van der Waals surface area (Å²) in [5, 5.41) is 34.4. The molecule has 8 rings (SSSR count). The molecule has 6 amide bonds. The lowest BCUT2D eigenvalue weighted by Crippen LogP contribution is -2.61. The van der Waals surface area contributed by atoms with Gasteiger partial charge in [-0.25, -0.2) is 4.79 Å². The van der Waals surface area contributed by atoms with Gasteiger partial charge in [0.25, 0.3) is 5.91 Å². The second-order valence-electron chi connectivity index (χ2n) is 29.7. The number of hydrogen-bond donors (Lipinski definition) is 4. The minimum absolute atomic E-state index is 0.00194. The van der Waals surface area contributed by atoms with Gasteiger partial charge in [0.1, 0.15) is 18.1 Å². The molecule has 4 heterocycles. The number of pyridine rings is 2. The Hall–Kier alpha value is -8.73. The monoisotopic (exact) mass is 1400 g/mol. The minimum Gasteiger partial charge on any atom is -0.450 e. The van der Waals surface area contributed by atoms with Crippen molar-refractivity contribution in [1.29, 1.82) is 0 Å². The molecule has 2 aliphatic heterocycles. The van der Waals surface area contributed by atoms with Crippen molar-refractivity contribution in [2.24, 2.45) is 41.4 Å². The van der Waals surface area contributed by atoms with E-state index in [1.54, 1.807) is 40.1 Å². The first kappa shape index (κ1) is 80.6. The van der Waals surface area contributed by atoms with E-state index in [9.17, 15) is 19.5 Å². The molecule has 0 saturated carbocycles. The molecule has 0 bridgehead atoms. The van der Waals surface area contributed by atoms with E-state index >= 15 is 28.8 Å². The average molecular weight is 1400 g/mol. The van der Waals surface area contributed by atoms with Crippen molar-refractivity contribution in [1.82, 2.24) is 39.8 Å². The van der Waals surface area contributed by atoms with Gasteiger partial charge in [-0.2, -0.15) is 0 Å². The van der Waals surface area contributed by atoms with Crippen molar-refractivity contribution in [3.8, 4) is 11.1 Å². The normalized spacial score (nSPS) is 23.2. The minimum atomic E-state index is -1.95. The molecule has 0 radical (unpaired) electrons. The molecular weight excluding hydrogens is 1290 g/mol. The molecule has 2 aliphatic rings. The molecular formula is C80H107BN8O13. The lowest BCUT2D eigenvalue weighted by Gasteiger charge is -2.39. The van der Waals surface area contributed by atoms with E-state index in [0.717, 1.165) is 37.8 Å². The van der Waals surface area contributed by atoms with Gasteiger partial charge in [-0.3, -0.25) is 48.3 Å². The molecule has 4 aromatic carbocycles. The number of hydrogen-bond acceptors (Lipinski definition) is 15. The number of carbonyl (C=O) groups is 9. The quantitative estimate of drug-likeness (QED) is 0.0553. The van der Waals surface area contributed by atoms with E-state index in [1.807, 2.05) is 158 Å². The Morgan fingerprint density at radius 2 is 1.17 bits per heavy atom. The summed E-state index contributed by atoms with van der Waals surface area (Å²) in [6, 6.07) is 28.3. The summed E-state index contributed by atoms with van der Waals surface area (Å²) < 4.78 is 6.17. The summed E-state index contributed by atoms with van der Waals surface area (Å²) in [6.07, 6.45) is 2.97. The van der Waals surface area contributed by atoms with E-state index in [-0.39, 0.29) is 56.3 Å². The Morgan fingerprint density at radius 3 is 1.75 bits per heavy atom. The SMILES string of the molecule is CCC(C)[C@@H]1CC(=O)C2CCCN2C(=O)C(Cc2cccc(-c3cnc4ccccc4c3)c2)N(C)C(=O)C(Cc2ccccc2)NC(=O)[C@H](C(C)C)N(C)C(=O)[C@@H](C(C)CC)OC(=O)[C@H](C(C)(C)O)N(C)C(=O)[C@H](CC(C)C)CC(=O)[C@H](C(C)C)N(C)C1=O.OB(O)c1cnc2ccccc2c1. The fraction of sp³-hybridized carbons (Fsp3) is 0.512. The molecule has 6 aromatic rings. The third-order valence-corrected chi connectivity index (χ3v) is 20.4. The molecule has 2 saturated heterocycles. The largest absolute Gasteiger partial charge is 0.490 e. The van der Waals surface area contributed by atoms with Gasteiger partial charge in [0.15, 0.2) is 23.7 Å². The van der Waals surface area contributed by atoms with Crippen LogP contribution in [0.5, 0.6) is 0 Å². The average Bonchev–Trinajstić information content (AvgIpc) is 1.04. The van der Waals surface area contributed by atoms with Crippen molar-refractivity contribution in [2.75, 3.05) is 34.7 Å². The number of rotatable bonds is 15. The molecule has 0 aliphatic carbocycles. The molecule has 4 N–H and O–H groups in total. The van der Waals surface area contributed by atoms with Gasteiger partial charge in [-0.1, -0.05) is 173 Å². The first-order chi connectivity index (χ1) is 48.2. The second kappa shape index (κ2) is 35.9. The molecule has 548 valence electrons. The fourth-order valence-corrected chi connectivity index (χ4v) is 14.4. The van der Waals surface area contributed by atoms with Crippen molar-refractivity contribution >= 4 is 87.4 Å². The second-order valence-corrected chi connectivity index (χ2v) is 29.7. The van der Waals surface area contributed by atoms with E-state index in [4.69, 9.17) is 19.8 Å². The Labute approximate surface area is 602 Å². The van der Waals surface area contributed by atoms with Crippen molar-refractivity contribution in [3.05, 3.63) is 139 Å². The van der Waals surface area contributed by atoms with Crippen LogP contribution in [-0.4, -0.2) is 192 Å². The van der Waals surface area contributed by atoms with Crippen LogP contribution in [0.3, 0.4) is 0 Å². The van der Waals surface area contributed by atoms with Crippen LogP contribution < -0.4 is 10.8 Å². The van der Waals surface area contributed by atoms with Gasteiger partial charge in [-0.15, -0.1) is 0 Å². The predicted octanol–water partition coefficient (Wildman–Crippen LogP) is 8.68. The van der Waals surface area contributed by atoms with Crippen molar-refractivity contribution < 1.29 is 63.0 Å². The zero-order valence-corrected chi connectivity index (χ0v) is 62.4. The third kappa shape index (κ3) is 19.9. The van der Waals surface area contributed by atoms with Crippen LogP contribution in [0.1, 0.15) is 139 Å². The number of Topliss-reactive ketones (excluding diaryl/α,β-unsaturated/α-hetero) is 2. The number of aromatic nitrogens is 2. The highest BCUT2D eigenvalue weighted by Crippen LogP contribution is 2.33. The van der Waals surface area contributed by atoms with Crippen LogP contribution in [0.15, 0.2) is 128 Å². The van der Waals surface area contributed by atoms with Crippen LogP contribution in [0.4, 0.5) is 0 Å². The van der Waals surface area contributed by atoms with Crippen LogP contribution in [-0.2, 0) is 60.7 Å². The molecule has 2 aromatic heterocycles. The van der Waals surface area contributed by atoms with Gasteiger partial charge in [0.05, 0.1) is 28.7 Å². The predicted molar refractivity (Wildman–Crippen MR) is 396 cm³/mol. The number of fused-ring (bicyclic) bond motifs is 3. The molecule has 5 unspecified atom stereocenters. The number of nitrogens with one attached hydrogen (secondary N) is 1. The van der Waals surface area contributed by atoms with Crippen LogP contribution >= 0.6 is 0 Å². The Morgan fingerprint density at radius 1 is 0.588 bits per heavy atom. The Bertz CT molecular complexity index is 3920. The summed E-state index contributed by atoms with van der Waals surface area (Å²) in [7, 11) is 4.40. The number of ketones is 2. The first-order valence-corrected chi connectivity index (χ1v) is 36.0. The Kier molecular flexibility index (Phi) is 28.4. The number of amides is 6. The van der Waals surface area contributed by atoms with E-state index in [2.05, 4.69) is 10.3 Å². The number of likely N-dealkylation sites (N-methyl/N-ethyl adjacent to an activating group) is 4. The smallest absolute Gasteiger partial charge is 0.450 e. The lowest BCUT2D eigenvalue weighted by molar-refractivity contribution is -0.178. The van der Waals surface area contributed by atoms with Crippen molar-refractivity contribution in [3.63, 3.8) is 0 Å². The molecule has 2 fully saturated rings. The van der Waals surface area contributed by atoms with Crippen LogP contribution in [0, 0.1) is 41.4 Å². The highest BCUT2D eigenvalue weighted by Gasteiger charge is 2.48. The number of nitrogens with zero attached hydrogens (tertiary/aromatic N) is 7. The standard InChI is InChI=1S/C71H99N7O11.C9H8BNO2/c1-17-45(9)53-40-58(79)56-32-25-33-78(56)68(85)57(37-48-28-24-30-49(35-48)52-38-50-29-22-23-31-54(50)72-41-52)74(13)67(84)55(36-47-26-20-19-21-27-47)73-64(81)61(44(7)8)76(15)69(86)62(46(10)18-2)89-70(87)63(71(11,12)88)77(16)65(82)51(34-42(3)4)39-59(80)60(43(5)6)75(14)66(53)83;12-10(13)8-5-7-3-1-2-4-9(7)11-6-8/h19-24,26-31,35,38,41-46,51,53,55-57,60-63,88H,17-18,25,32-34,36-37,39-40H2,1-16H3,(H,73,81);1-6,12-13H/t45?,46?,51-,53+,55?,56?,57?,60+,61+,62-,63-;/m1./s1. The molecule has 21 nitrogen and oxygen atoms in total. The molecule has 102 heavy (non-hydrogen) atoms. The van der Waals surface area contributed by atoms with Gasteiger partial charge >= 0.3 is 13.1 Å². The maximum Gasteiger partial charge on any atom is 0.490 e. The first-order valence-electron chi connectivity index (χ1n) is 36.0. The van der Waals surface area contributed by atoms with Crippen molar-refractivity contribution in [2.45, 2.75) is 189 Å². The van der Waals surface area contributed by atoms with Gasteiger partial charge in [0.2, 0.25) is 29.5 Å². The maximum atomic E-state index is 15.8. The summed E-state index contributed by atoms with van der Waals surface area (Å²) in [6.45, 7) is 21.1. The summed E-state index contributed by atoms with van der Waals surface area (Å²) in [5.41, 5.74) is 3.19. The number of para-hydroxylation sites is 2. The molecule has 22 heteroatoms. The number of carbonyl (C=O) groups excluding carboxylic acids is 9. The number of esters is 1. The third-order valence-electron chi connectivity index (χ3n) is 20.4. The lowest BCUT2D eigenvalue weighted by atomic mass is 9.81. The number of aliphatic hydroxyl groups is 1. The number of ether oxygens (including phenoxy) is 1. The fourth-order valence-electron chi connectivity index (χ4n) is 14.4. The zero-order chi connectivity index (χ0) is 75.2. The van der Waals surface area contributed by atoms with E-state index in [0.29, 0.717) is 42.3 Å². The molecule has 0 spiro atoms. The van der Waals surface area contributed by atoms with Gasteiger partial charge < -0.3 is 49.7 Å². The van der Waals surface area contributed by atoms with Gasteiger partial charge in [0, 0.05) is 107 Å². The van der Waals surface area contributed by atoms with E-state index < -0.39 is 132 Å². The number of benzene rings is 4. The Balaban J connectivity index is 0.000000997. The maximum absolute atomic E-state index is 15.8. The summed E-state index contributed by atoms with van der Waals surface area (Å²) in [5.74, 6) is -9.53. The van der Waals surface area contributed by atoms with Gasteiger partial charge in [-0.05, 0) is 103 Å². The van der Waals surface area contributed by atoms with E-state index in [1.165, 1.54) is 60.8 Å². The summed E-state index contributed by atoms with van der Waals surface area (Å²) in [4.78, 5) is 152. The highest BCUT2D eigenvalue weighted by atomic mass is 16.6. The number of cyclic esters (lactones) is 1. The van der Waals surface area contributed by atoms with Crippen LogP contribution in [0.25, 0.3) is 32.9 Å². The van der Waals surface area contributed by atoms with Crippen LogP contribution in [0.2, 0.25) is 0 Å². The summed E-state index contributed by atoms with van der Waals surface area (Å²) >= 11 is 0.